The number of aliphatic hydroxyl groups is 1. The van der Waals surface area contributed by atoms with E-state index in [4.69, 9.17) is 5.11 Å². The predicted octanol–water partition coefficient (Wildman–Crippen LogP) is 0.982. The Bertz CT molecular complexity index is 163. The van der Waals surface area contributed by atoms with E-state index in [0.29, 0.717) is 0 Å². The van der Waals surface area contributed by atoms with E-state index >= 15 is 0 Å². The van der Waals surface area contributed by atoms with Crippen LogP contribution in [0.3, 0.4) is 0 Å². The van der Waals surface area contributed by atoms with Gasteiger partial charge in [0.1, 0.15) is 0 Å². The van der Waals surface area contributed by atoms with Gasteiger partial charge in [0, 0.05) is 0 Å². The third-order valence-electron chi connectivity index (χ3n) is 1.09. The molecule has 0 aliphatic heterocycles. The molecule has 0 fully saturated rings. The highest BCUT2D eigenvalue weighted by Crippen LogP contribution is 2.16. The minimum absolute atomic E-state index is 0.370. The van der Waals surface area contributed by atoms with Crippen molar-refractivity contribution in [3.8, 4) is 0 Å². The van der Waals surface area contributed by atoms with Crippen molar-refractivity contribution in [1.29, 1.82) is 0 Å². The molecular formula is C5H8N2OS. The van der Waals surface area contributed by atoms with Gasteiger partial charge in [-0.25, -0.2) is 0 Å². The summed E-state index contributed by atoms with van der Waals surface area (Å²) in [7, 11) is 0. The van der Waals surface area contributed by atoms with Crippen LogP contribution in [-0.2, 0) is 0 Å². The quantitative estimate of drug-likeness (QED) is 0.673. The number of hydrogen-bond acceptors (Lipinski definition) is 4. The largest absolute Gasteiger partial charge is 0.387 e. The molecule has 1 aromatic heterocycles. The monoisotopic (exact) mass is 144 g/mol. The Balaban J connectivity index is 2.65. The van der Waals surface area contributed by atoms with Crippen molar-refractivity contribution in [2.45, 2.75) is 19.4 Å². The minimum atomic E-state index is -0.370. The number of aliphatic hydroxyl groups excluding tert-OH is 1. The molecule has 1 aromatic rings. The average Bonchev–Trinajstić information content (AvgIpc) is 2.37. The van der Waals surface area contributed by atoms with Crippen LogP contribution in [-0.4, -0.2) is 14.7 Å². The summed E-state index contributed by atoms with van der Waals surface area (Å²) in [5.74, 6) is 0. The molecule has 3 nitrogen and oxygen atoms in total. The van der Waals surface area contributed by atoms with Crippen molar-refractivity contribution in [2.75, 3.05) is 0 Å². The predicted molar refractivity (Wildman–Crippen MR) is 35.2 cm³/mol. The molecule has 0 bridgehead atoms. The van der Waals surface area contributed by atoms with Crippen LogP contribution in [0.15, 0.2) is 6.20 Å². The molecule has 0 aromatic carbocycles. The maximum absolute atomic E-state index is 9.15. The molecule has 4 heteroatoms. The summed E-state index contributed by atoms with van der Waals surface area (Å²) in [6, 6.07) is 0. The summed E-state index contributed by atoms with van der Waals surface area (Å²) in [6.07, 6.45) is 1.95. The molecule has 9 heavy (non-hydrogen) atoms. The Morgan fingerprint density at radius 1 is 1.89 bits per heavy atom. The second kappa shape index (κ2) is 2.89. The first-order valence-electron chi connectivity index (χ1n) is 2.80. The van der Waals surface area contributed by atoms with Gasteiger partial charge in [0.25, 0.3) is 0 Å². The molecule has 0 saturated heterocycles. The second-order valence-electron chi connectivity index (χ2n) is 1.74. The van der Waals surface area contributed by atoms with Crippen LogP contribution in [0.1, 0.15) is 24.3 Å². The zero-order chi connectivity index (χ0) is 6.69. The normalized spacial score (nSPS) is 13.6. The van der Waals surface area contributed by atoms with E-state index in [1.165, 1.54) is 11.5 Å². The van der Waals surface area contributed by atoms with Crippen LogP contribution in [0.4, 0.5) is 0 Å². The summed E-state index contributed by atoms with van der Waals surface area (Å²) in [5.41, 5.74) is 0. The maximum atomic E-state index is 9.15. The van der Waals surface area contributed by atoms with E-state index in [1.807, 2.05) is 6.92 Å². The molecule has 1 unspecified atom stereocenters. The minimum Gasteiger partial charge on any atom is -0.387 e. The highest BCUT2D eigenvalue weighted by molar-refractivity contribution is 7.05. The first kappa shape index (κ1) is 6.64. The smallest absolute Gasteiger partial charge is 0.0911 e. The lowest BCUT2D eigenvalue weighted by Gasteiger charge is -1.99. The topological polar surface area (TPSA) is 46.0 Å². The van der Waals surface area contributed by atoms with Crippen LogP contribution in [0, 0.1) is 0 Å². The van der Waals surface area contributed by atoms with Gasteiger partial charge in [0.15, 0.2) is 0 Å². The summed E-state index contributed by atoms with van der Waals surface area (Å²) >= 11 is 1.24. The fourth-order valence-electron chi connectivity index (χ4n) is 0.523. The van der Waals surface area contributed by atoms with E-state index in [0.717, 1.165) is 11.3 Å². The van der Waals surface area contributed by atoms with Gasteiger partial charge in [-0.2, -0.15) is 0 Å². The molecule has 50 valence electrons. The molecule has 0 spiro atoms. The van der Waals surface area contributed by atoms with Gasteiger partial charge >= 0.3 is 0 Å². The summed E-state index contributed by atoms with van der Waals surface area (Å²) < 4.78 is 3.62. The molecule has 1 N–H and O–H groups in total. The molecule has 1 heterocycles. The standard InChI is InChI=1S/C5H8N2OS/c1-2-4(8)5-3-6-7-9-5/h3-4,8H,2H2,1H3. The molecule has 1 atom stereocenters. The van der Waals surface area contributed by atoms with Gasteiger partial charge < -0.3 is 5.11 Å². The van der Waals surface area contributed by atoms with Crippen molar-refractivity contribution in [3.05, 3.63) is 11.1 Å². The van der Waals surface area contributed by atoms with E-state index in [9.17, 15) is 0 Å². The van der Waals surface area contributed by atoms with E-state index in [1.54, 1.807) is 6.20 Å². The van der Waals surface area contributed by atoms with E-state index in [2.05, 4.69) is 9.59 Å². The van der Waals surface area contributed by atoms with Crippen LogP contribution >= 0.6 is 11.5 Å². The number of hydrogen-bond donors (Lipinski definition) is 1. The third kappa shape index (κ3) is 1.46. The number of rotatable bonds is 2. The zero-order valence-corrected chi connectivity index (χ0v) is 5.93. The first-order chi connectivity index (χ1) is 4.34. The summed E-state index contributed by atoms with van der Waals surface area (Å²) in [5, 5.41) is 12.7. The van der Waals surface area contributed by atoms with Crippen molar-refractivity contribution in [1.82, 2.24) is 9.59 Å². The highest BCUT2D eigenvalue weighted by Gasteiger charge is 2.05. The Morgan fingerprint density at radius 2 is 2.67 bits per heavy atom. The molecule has 1 rings (SSSR count). The van der Waals surface area contributed by atoms with Crippen LogP contribution in [0.25, 0.3) is 0 Å². The van der Waals surface area contributed by atoms with Gasteiger partial charge in [0.2, 0.25) is 0 Å². The van der Waals surface area contributed by atoms with E-state index < -0.39 is 0 Å². The van der Waals surface area contributed by atoms with Gasteiger partial charge in [-0.1, -0.05) is 11.4 Å². The Hall–Kier alpha value is -0.480. The molecule has 0 aliphatic carbocycles. The van der Waals surface area contributed by atoms with Gasteiger partial charge in [-0.15, -0.1) is 5.10 Å². The lowest BCUT2D eigenvalue weighted by molar-refractivity contribution is 0.177. The van der Waals surface area contributed by atoms with Gasteiger partial charge in [-0.3, -0.25) is 0 Å². The third-order valence-corrected chi connectivity index (χ3v) is 1.86. The Labute approximate surface area is 57.5 Å². The van der Waals surface area contributed by atoms with Gasteiger partial charge in [0.05, 0.1) is 17.2 Å². The van der Waals surface area contributed by atoms with Crippen molar-refractivity contribution < 1.29 is 5.11 Å². The molecular weight excluding hydrogens is 136 g/mol. The maximum Gasteiger partial charge on any atom is 0.0911 e. The van der Waals surface area contributed by atoms with E-state index in [-0.39, 0.29) is 6.10 Å². The highest BCUT2D eigenvalue weighted by atomic mass is 32.1. The fraction of sp³-hybridized carbons (Fsp3) is 0.600. The zero-order valence-electron chi connectivity index (χ0n) is 5.11. The van der Waals surface area contributed by atoms with Gasteiger partial charge in [-0.05, 0) is 18.0 Å². The second-order valence-corrected chi connectivity index (χ2v) is 2.56. The lowest BCUT2D eigenvalue weighted by Crippen LogP contribution is -1.89. The molecule has 0 amide bonds. The molecule has 0 saturated carbocycles. The fourth-order valence-corrected chi connectivity index (χ4v) is 1.09. The van der Waals surface area contributed by atoms with Crippen molar-refractivity contribution >= 4 is 11.5 Å². The van der Waals surface area contributed by atoms with Crippen molar-refractivity contribution in [3.63, 3.8) is 0 Å². The molecule has 0 radical (unpaired) electrons. The average molecular weight is 144 g/mol. The summed E-state index contributed by atoms with van der Waals surface area (Å²) in [6.45, 7) is 1.92. The SMILES string of the molecule is CCC(O)c1cnns1. The Morgan fingerprint density at radius 3 is 3.11 bits per heavy atom. The first-order valence-corrected chi connectivity index (χ1v) is 3.57. The number of aromatic nitrogens is 2. The lowest BCUT2D eigenvalue weighted by atomic mass is 10.2. The van der Waals surface area contributed by atoms with Crippen LogP contribution < -0.4 is 0 Å². The number of nitrogens with zero attached hydrogens (tertiary/aromatic N) is 2. The Kier molecular flexibility index (Phi) is 2.13. The van der Waals surface area contributed by atoms with Crippen LogP contribution in [0.2, 0.25) is 0 Å². The molecule has 0 aliphatic rings. The summed E-state index contributed by atoms with van der Waals surface area (Å²) in [4.78, 5) is 0.845. The van der Waals surface area contributed by atoms with Crippen molar-refractivity contribution in [2.24, 2.45) is 0 Å². The van der Waals surface area contributed by atoms with Crippen LogP contribution in [0.5, 0.6) is 0 Å².